The summed E-state index contributed by atoms with van der Waals surface area (Å²) in [5.41, 5.74) is 8.41. The predicted molar refractivity (Wildman–Crippen MR) is 154 cm³/mol. The van der Waals surface area contributed by atoms with Gasteiger partial charge in [-0.25, -0.2) is 10.8 Å². The maximum atomic E-state index is 12.2. The van der Waals surface area contributed by atoms with Crippen LogP contribution >= 0.6 is 27.5 Å². The number of nitrogen functional groups attached to an aromatic ring is 1. The topological polar surface area (TPSA) is 121 Å². The molecule has 1 aliphatic heterocycles. The summed E-state index contributed by atoms with van der Waals surface area (Å²) in [5, 5.41) is 11.1. The molecule has 1 saturated carbocycles. The Morgan fingerprint density at radius 2 is 2.08 bits per heavy atom. The molecule has 0 radical (unpaired) electrons. The highest BCUT2D eigenvalue weighted by atomic mass is 79.9. The van der Waals surface area contributed by atoms with Crippen LogP contribution in [-0.2, 0) is 4.79 Å². The number of hydrogen-bond acceptors (Lipinski definition) is 8. The number of carbonyl (C=O) groups excluding carboxylic acids is 1. The van der Waals surface area contributed by atoms with Crippen molar-refractivity contribution in [1.82, 2.24) is 9.80 Å². The van der Waals surface area contributed by atoms with Crippen molar-refractivity contribution in [1.29, 1.82) is 0 Å². The third-order valence-corrected chi connectivity index (χ3v) is 7.29. The van der Waals surface area contributed by atoms with Gasteiger partial charge in [0.25, 0.3) is 5.91 Å². The molecule has 3 rings (SSSR count). The third kappa shape index (κ3) is 8.44. The maximum Gasteiger partial charge on any atom is 0.251 e. The number of aliphatic imine (C=N–C) groups is 1. The number of aliphatic hydroxyl groups excluding tert-OH is 1. The van der Waals surface area contributed by atoms with Crippen LogP contribution in [0.1, 0.15) is 33.1 Å². The lowest BCUT2D eigenvalue weighted by Crippen LogP contribution is -2.40. The fourth-order valence-corrected chi connectivity index (χ4v) is 4.56. The number of benzene rings is 1. The SMILES string of the molecule is C=C/C(CN1CCCN(C(=O)C(C)O)CC1)=C(\N=C/C(C)Cl)Oc1ccc(N(N)CC2CC2)c(N)c1Br. The zero-order valence-electron chi connectivity index (χ0n) is 21.6. The smallest absolute Gasteiger partial charge is 0.251 e. The van der Waals surface area contributed by atoms with Crippen molar-refractivity contribution in [2.75, 3.05) is 50.0 Å². The zero-order valence-corrected chi connectivity index (χ0v) is 23.9. The predicted octanol–water partition coefficient (Wildman–Crippen LogP) is 3.51. The number of aliphatic hydroxyl groups is 1. The molecule has 1 aromatic carbocycles. The molecule has 2 fully saturated rings. The quantitative estimate of drug-likeness (QED) is 0.0679. The Morgan fingerprint density at radius 3 is 2.70 bits per heavy atom. The number of nitrogens with two attached hydrogens (primary N) is 2. The highest BCUT2D eigenvalue weighted by Gasteiger charge is 2.26. The molecule has 0 aromatic heterocycles. The lowest BCUT2D eigenvalue weighted by atomic mass is 10.2. The highest BCUT2D eigenvalue weighted by Crippen LogP contribution is 2.40. The van der Waals surface area contributed by atoms with Crippen molar-refractivity contribution in [2.24, 2.45) is 16.8 Å². The highest BCUT2D eigenvalue weighted by molar-refractivity contribution is 9.10. The summed E-state index contributed by atoms with van der Waals surface area (Å²) in [7, 11) is 0. The Hall–Kier alpha value is -2.11. The number of halogens is 2. The molecule has 37 heavy (non-hydrogen) atoms. The fraction of sp³-hybridized carbons (Fsp3) is 0.538. The van der Waals surface area contributed by atoms with Crippen molar-refractivity contribution in [2.45, 2.75) is 44.6 Å². The van der Waals surface area contributed by atoms with E-state index in [1.807, 2.05) is 19.1 Å². The van der Waals surface area contributed by atoms with Gasteiger partial charge in [0.1, 0.15) is 11.9 Å². The molecule has 11 heteroatoms. The number of ether oxygens (including phenoxy) is 1. The molecule has 1 heterocycles. The Labute approximate surface area is 232 Å². The van der Waals surface area contributed by atoms with E-state index in [1.54, 1.807) is 22.2 Å². The van der Waals surface area contributed by atoms with Gasteiger partial charge < -0.3 is 25.5 Å². The first kappa shape index (κ1) is 29.4. The summed E-state index contributed by atoms with van der Waals surface area (Å²) in [6.07, 6.45) is 5.50. The summed E-state index contributed by atoms with van der Waals surface area (Å²) in [6.45, 7) is 11.2. The van der Waals surface area contributed by atoms with Gasteiger partial charge in [-0.1, -0.05) is 12.7 Å². The van der Waals surface area contributed by atoms with E-state index in [4.69, 9.17) is 27.9 Å². The van der Waals surface area contributed by atoms with Gasteiger partial charge >= 0.3 is 0 Å². The van der Waals surface area contributed by atoms with Crippen molar-refractivity contribution in [3.05, 3.63) is 40.7 Å². The van der Waals surface area contributed by atoms with Gasteiger partial charge in [0, 0.05) is 51.1 Å². The molecule has 204 valence electrons. The number of alkyl halides is 1. The number of hydrogen-bond donors (Lipinski definition) is 3. The minimum Gasteiger partial charge on any atom is -0.437 e. The van der Waals surface area contributed by atoms with Crippen LogP contribution in [0.4, 0.5) is 11.4 Å². The van der Waals surface area contributed by atoms with E-state index in [0.717, 1.165) is 30.8 Å². The largest absolute Gasteiger partial charge is 0.437 e. The van der Waals surface area contributed by atoms with E-state index >= 15 is 0 Å². The van der Waals surface area contributed by atoms with Gasteiger partial charge in [-0.15, -0.1) is 11.6 Å². The first-order valence-electron chi connectivity index (χ1n) is 12.6. The molecule has 1 amide bonds. The second kappa shape index (κ2) is 13.6. The minimum absolute atomic E-state index is 0.245. The van der Waals surface area contributed by atoms with Crippen LogP contribution in [-0.4, -0.2) is 77.8 Å². The third-order valence-electron chi connectivity index (χ3n) is 6.36. The lowest BCUT2D eigenvalue weighted by Gasteiger charge is -2.24. The first-order chi connectivity index (χ1) is 17.6. The number of amides is 1. The number of anilines is 2. The van der Waals surface area contributed by atoms with Crippen LogP contribution < -0.4 is 21.3 Å². The molecule has 1 aromatic rings. The molecule has 2 atom stereocenters. The first-order valence-corrected chi connectivity index (χ1v) is 13.8. The minimum atomic E-state index is -1.00. The molecule has 0 spiro atoms. The van der Waals surface area contributed by atoms with Gasteiger partial charge in [0.2, 0.25) is 5.88 Å². The molecule has 1 aliphatic carbocycles. The van der Waals surface area contributed by atoms with Gasteiger partial charge in [-0.3, -0.25) is 9.69 Å². The van der Waals surface area contributed by atoms with Crippen LogP contribution in [0.2, 0.25) is 0 Å². The van der Waals surface area contributed by atoms with Gasteiger partial charge in [-0.2, -0.15) is 0 Å². The Balaban J connectivity index is 1.81. The molecule has 2 aliphatic rings. The summed E-state index contributed by atoms with van der Waals surface area (Å²) in [5.74, 6) is 7.49. The average Bonchev–Trinajstić information content (AvgIpc) is 3.69. The zero-order chi connectivity index (χ0) is 27.1. The van der Waals surface area contributed by atoms with E-state index in [2.05, 4.69) is 32.4 Å². The second-order valence-corrected chi connectivity index (χ2v) is 11.1. The van der Waals surface area contributed by atoms with E-state index in [0.29, 0.717) is 53.9 Å². The maximum absolute atomic E-state index is 12.2. The number of rotatable bonds is 11. The van der Waals surface area contributed by atoms with Gasteiger partial charge in [-0.05, 0) is 67.1 Å². The molecular formula is C26H38BrClN6O3. The average molecular weight is 598 g/mol. The Bertz CT molecular complexity index is 1030. The molecular weight excluding hydrogens is 560 g/mol. The van der Waals surface area contributed by atoms with Gasteiger partial charge in [0.15, 0.2) is 0 Å². The monoisotopic (exact) mass is 596 g/mol. The molecule has 9 nitrogen and oxygen atoms in total. The Kier molecular flexibility index (Phi) is 10.8. The normalized spacial score (nSPS) is 19.2. The number of hydrazine groups is 1. The standard InChI is InChI=1S/C26H38BrClN6O3/c1-4-20(16-32-10-5-11-33(13-12-32)26(36)18(3)35)25(31-14-17(2)28)37-22-9-8-21(24(29)23(22)27)34(30)15-19-6-7-19/h4,8-9,14,17-19,35H,1,5-7,10-13,15-16,29-30H2,2-3H3/b25-20-,31-14-. The number of carbonyl (C=O) groups is 1. The van der Waals surface area contributed by atoms with Crippen LogP contribution in [0.5, 0.6) is 5.75 Å². The van der Waals surface area contributed by atoms with E-state index in [9.17, 15) is 9.90 Å². The summed E-state index contributed by atoms with van der Waals surface area (Å²) in [6, 6.07) is 3.66. The van der Waals surface area contributed by atoms with Crippen molar-refractivity contribution < 1.29 is 14.6 Å². The molecule has 1 saturated heterocycles. The lowest BCUT2D eigenvalue weighted by molar-refractivity contribution is -0.139. The molecule has 5 N–H and O–H groups in total. The van der Waals surface area contributed by atoms with E-state index < -0.39 is 6.10 Å². The summed E-state index contributed by atoms with van der Waals surface area (Å²) in [4.78, 5) is 20.7. The van der Waals surface area contributed by atoms with E-state index in [-0.39, 0.29) is 11.3 Å². The molecule has 0 bridgehead atoms. The summed E-state index contributed by atoms with van der Waals surface area (Å²) >= 11 is 9.72. The van der Waals surface area contributed by atoms with E-state index in [1.165, 1.54) is 19.8 Å². The second-order valence-electron chi connectivity index (χ2n) is 9.63. The fourth-order valence-electron chi connectivity index (χ4n) is 4.09. The Morgan fingerprint density at radius 1 is 1.35 bits per heavy atom. The summed E-state index contributed by atoms with van der Waals surface area (Å²) < 4.78 is 6.85. The van der Waals surface area contributed by atoms with Crippen LogP contribution in [0, 0.1) is 5.92 Å². The van der Waals surface area contributed by atoms with Crippen molar-refractivity contribution in [3.63, 3.8) is 0 Å². The molecule has 2 unspecified atom stereocenters. The van der Waals surface area contributed by atoms with Crippen LogP contribution in [0.3, 0.4) is 0 Å². The number of nitrogens with zero attached hydrogens (tertiary/aromatic N) is 4. The van der Waals surface area contributed by atoms with Crippen molar-refractivity contribution >= 4 is 51.0 Å². The van der Waals surface area contributed by atoms with Crippen LogP contribution in [0.15, 0.2) is 45.7 Å². The van der Waals surface area contributed by atoms with Crippen molar-refractivity contribution in [3.8, 4) is 5.75 Å². The van der Waals surface area contributed by atoms with Crippen LogP contribution in [0.25, 0.3) is 0 Å². The van der Waals surface area contributed by atoms with Gasteiger partial charge in [0.05, 0.1) is 21.2 Å².